The summed E-state index contributed by atoms with van der Waals surface area (Å²) >= 11 is 11.9. The Balaban J connectivity index is 1.67. The van der Waals surface area contributed by atoms with Gasteiger partial charge in [0.25, 0.3) is 5.69 Å². The van der Waals surface area contributed by atoms with Crippen molar-refractivity contribution >= 4 is 34.5 Å². The summed E-state index contributed by atoms with van der Waals surface area (Å²) in [6, 6.07) is 11.9. The van der Waals surface area contributed by atoms with E-state index in [0.29, 0.717) is 16.3 Å². The van der Waals surface area contributed by atoms with E-state index in [-0.39, 0.29) is 12.3 Å². The van der Waals surface area contributed by atoms with Gasteiger partial charge in [-0.15, -0.1) is 0 Å². The Morgan fingerprint density at radius 3 is 2.65 bits per heavy atom. The van der Waals surface area contributed by atoms with Crippen LogP contribution in [0, 0.1) is 10.1 Å². The number of halogens is 1. The van der Waals surface area contributed by atoms with E-state index < -0.39 is 4.92 Å². The fourth-order valence-electron chi connectivity index (χ4n) is 2.95. The van der Waals surface area contributed by atoms with E-state index in [2.05, 4.69) is 4.90 Å². The van der Waals surface area contributed by atoms with Crippen LogP contribution < -0.4 is 4.74 Å². The van der Waals surface area contributed by atoms with Crippen LogP contribution in [-0.2, 0) is 6.61 Å². The first-order valence-corrected chi connectivity index (χ1v) is 9.28. The Morgan fingerprint density at radius 1 is 1.19 bits per heavy atom. The van der Waals surface area contributed by atoms with E-state index in [1.807, 2.05) is 12.1 Å². The van der Waals surface area contributed by atoms with Crippen molar-refractivity contribution in [2.75, 3.05) is 13.1 Å². The Hall–Kier alpha value is -2.18. The number of non-ortho nitro benzene ring substituents is 1. The Bertz CT molecular complexity index is 822. The number of nitro groups is 1. The number of nitro benzene ring substituents is 1. The third kappa shape index (κ3) is 4.51. The minimum Gasteiger partial charge on any atom is -0.487 e. The third-order valence-corrected chi connectivity index (χ3v) is 5.13. The summed E-state index contributed by atoms with van der Waals surface area (Å²) in [5.41, 5.74) is 1.66. The van der Waals surface area contributed by atoms with Gasteiger partial charge in [-0.1, -0.05) is 36.0 Å². The van der Waals surface area contributed by atoms with Gasteiger partial charge in [-0.25, -0.2) is 0 Å². The molecule has 1 fully saturated rings. The molecule has 0 spiro atoms. The maximum Gasteiger partial charge on any atom is 0.269 e. The first kappa shape index (κ1) is 18.6. The normalized spacial score (nSPS) is 14.1. The second kappa shape index (κ2) is 8.47. The first-order chi connectivity index (χ1) is 12.5. The molecular formula is C19H19ClN2O3S. The van der Waals surface area contributed by atoms with E-state index in [1.54, 1.807) is 18.2 Å². The predicted octanol–water partition coefficient (Wildman–Crippen LogP) is 4.99. The number of piperidine rings is 1. The lowest BCUT2D eigenvalue weighted by atomic mass is 10.1. The third-order valence-electron chi connectivity index (χ3n) is 4.34. The number of hydrogen-bond acceptors (Lipinski definition) is 4. The number of likely N-dealkylation sites (tertiary alicyclic amines) is 1. The van der Waals surface area contributed by atoms with Gasteiger partial charge in [0.2, 0.25) is 0 Å². The monoisotopic (exact) mass is 390 g/mol. The van der Waals surface area contributed by atoms with Crippen molar-refractivity contribution in [3.63, 3.8) is 0 Å². The molecule has 5 nitrogen and oxygen atoms in total. The minimum atomic E-state index is -0.424. The van der Waals surface area contributed by atoms with E-state index in [4.69, 9.17) is 28.6 Å². The molecule has 1 aliphatic rings. The molecule has 0 aliphatic carbocycles. The van der Waals surface area contributed by atoms with E-state index in [0.717, 1.165) is 36.5 Å². The molecule has 1 aliphatic heterocycles. The number of benzene rings is 2. The molecule has 0 atom stereocenters. The van der Waals surface area contributed by atoms with Crippen LogP contribution in [0.5, 0.6) is 5.75 Å². The summed E-state index contributed by atoms with van der Waals surface area (Å²) in [6.07, 6.45) is 3.58. The highest BCUT2D eigenvalue weighted by Gasteiger charge is 2.16. The number of nitrogens with zero attached hydrogens (tertiary/aromatic N) is 2. The summed E-state index contributed by atoms with van der Waals surface area (Å²) in [5, 5.41) is 11.3. The topological polar surface area (TPSA) is 55.6 Å². The quantitative estimate of drug-likeness (QED) is 0.409. The average Bonchev–Trinajstić information content (AvgIpc) is 2.67. The van der Waals surface area contributed by atoms with Crippen molar-refractivity contribution in [3.05, 3.63) is 68.7 Å². The molecule has 0 amide bonds. The molecule has 7 heteroatoms. The van der Waals surface area contributed by atoms with Crippen molar-refractivity contribution in [1.29, 1.82) is 0 Å². The molecule has 0 N–H and O–H groups in total. The summed E-state index contributed by atoms with van der Waals surface area (Å²) in [6.45, 7) is 2.18. The lowest BCUT2D eigenvalue weighted by Gasteiger charge is -2.29. The van der Waals surface area contributed by atoms with Crippen molar-refractivity contribution in [2.45, 2.75) is 25.9 Å². The van der Waals surface area contributed by atoms with Gasteiger partial charge >= 0.3 is 0 Å². The molecule has 1 saturated heterocycles. The van der Waals surface area contributed by atoms with Gasteiger partial charge in [-0.2, -0.15) is 0 Å². The summed E-state index contributed by atoms with van der Waals surface area (Å²) in [5.74, 6) is 0.531. The van der Waals surface area contributed by atoms with Crippen molar-refractivity contribution in [2.24, 2.45) is 0 Å². The molecular weight excluding hydrogens is 372 g/mol. The van der Waals surface area contributed by atoms with Crippen LogP contribution in [-0.4, -0.2) is 27.9 Å². The Morgan fingerprint density at radius 2 is 1.96 bits per heavy atom. The van der Waals surface area contributed by atoms with Crippen molar-refractivity contribution in [1.82, 2.24) is 4.90 Å². The molecule has 2 aromatic rings. The summed E-state index contributed by atoms with van der Waals surface area (Å²) in [7, 11) is 0. The van der Waals surface area contributed by atoms with Crippen LogP contribution in [0.15, 0.2) is 42.5 Å². The average molecular weight is 391 g/mol. The van der Waals surface area contributed by atoms with Crippen LogP contribution in [0.1, 0.15) is 30.4 Å². The maximum absolute atomic E-state index is 10.8. The zero-order chi connectivity index (χ0) is 18.5. The Labute approximate surface area is 162 Å². The summed E-state index contributed by atoms with van der Waals surface area (Å²) < 4.78 is 5.73. The standard InChI is InChI=1S/C19H19ClN2O3S/c20-17-12-15(19(26)21-9-2-1-3-10-21)7-8-18(17)25-13-14-5-4-6-16(11-14)22(23)24/h4-8,11-12H,1-3,9-10,13H2. The molecule has 0 unspecified atom stereocenters. The number of ether oxygens (including phenoxy) is 1. The van der Waals surface area contributed by atoms with Crippen LogP contribution in [0.25, 0.3) is 0 Å². The number of rotatable bonds is 5. The molecule has 2 aromatic carbocycles. The SMILES string of the molecule is O=[N+]([O-])c1cccc(COc2ccc(C(=S)N3CCCCC3)cc2Cl)c1. The first-order valence-electron chi connectivity index (χ1n) is 8.49. The highest BCUT2D eigenvalue weighted by atomic mass is 35.5. The maximum atomic E-state index is 10.8. The zero-order valence-electron chi connectivity index (χ0n) is 14.2. The van der Waals surface area contributed by atoms with Gasteiger partial charge < -0.3 is 9.64 Å². The molecule has 0 radical (unpaired) electrons. The van der Waals surface area contributed by atoms with E-state index in [1.165, 1.54) is 18.6 Å². The van der Waals surface area contributed by atoms with Gasteiger partial charge in [-0.3, -0.25) is 10.1 Å². The molecule has 0 aromatic heterocycles. The Kier molecular flexibility index (Phi) is 6.06. The van der Waals surface area contributed by atoms with Crippen LogP contribution in [0.3, 0.4) is 0 Å². The molecule has 3 rings (SSSR count). The van der Waals surface area contributed by atoms with Gasteiger partial charge in [0, 0.05) is 30.8 Å². The number of thiocarbonyl (C=S) groups is 1. The highest BCUT2D eigenvalue weighted by Crippen LogP contribution is 2.28. The smallest absolute Gasteiger partial charge is 0.269 e. The second-order valence-corrected chi connectivity index (χ2v) is 7.01. The zero-order valence-corrected chi connectivity index (χ0v) is 15.8. The van der Waals surface area contributed by atoms with Crippen LogP contribution in [0.4, 0.5) is 5.69 Å². The van der Waals surface area contributed by atoms with Crippen molar-refractivity contribution in [3.8, 4) is 5.75 Å². The van der Waals surface area contributed by atoms with Gasteiger partial charge in [0.15, 0.2) is 0 Å². The van der Waals surface area contributed by atoms with Crippen LogP contribution in [0.2, 0.25) is 5.02 Å². The van der Waals surface area contributed by atoms with Gasteiger partial charge in [-0.05, 0) is 43.0 Å². The minimum absolute atomic E-state index is 0.0411. The molecule has 136 valence electrons. The second-order valence-electron chi connectivity index (χ2n) is 6.21. The van der Waals surface area contributed by atoms with E-state index >= 15 is 0 Å². The summed E-state index contributed by atoms with van der Waals surface area (Å²) in [4.78, 5) is 13.4. The lowest BCUT2D eigenvalue weighted by molar-refractivity contribution is -0.384. The molecule has 0 saturated carbocycles. The fraction of sp³-hybridized carbons (Fsp3) is 0.316. The predicted molar refractivity (Wildman–Crippen MR) is 106 cm³/mol. The van der Waals surface area contributed by atoms with Gasteiger partial charge in [0.1, 0.15) is 17.3 Å². The lowest BCUT2D eigenvalue weighted by Crippen LogP contribution is -2.34. The highest BCUT2D eigenvalue weighted by molar-refractivity contribution is 7.80. The molecule has 0 bridgehead atoms. The molecule has 26 heavy (non-hydrogen) atoms. The van der Waals surface area contributed by atoms with Crippen molar-refractivity contribution < 1.29 is 9.66 Å². The van der Waals surface area contributed by atoms with Crippen LogP contribution >= 0.6 is 23.8 Å². The molecule has 1 heterocycles. The largest absolute Gasteiger partial charge is 0.487 e. The number of hydrogen-bond donors (Lipinski definition) is 0. The van der Waals surface area contributed by atoms with Gasteiger partial charge in [0.05, 0.1) is 9.95 Å². The van der Waals surface area contributed by atoms with E-state index in [9.17, 15) is 10.1 Å². The fourth-order valence-corrected chi connectivity index (χ4v) is 3.50.